The van der Waals surface area contributed by atoms with Crippen LogP contribution in [0.1, 0.15) is 18.1 Å². The summed E-state index contributed by atoms with van der Waals surface area (Å²) < 4.78 is 5.24. The third-order valence-electron chi connectivity index (χ3n) is 5.00. The first-order valence-electron chi connectivity index (χ1n) is 9.53. The van der Waals surface area contributed by atoms with Gasteiger partial charge in [0, 0.05) is 30.4 Å². The van der Waals surface area contributed by atoms with Crippen LogP contribution in [-0.2, 0) is 22.4 Å². The highest BCUT2D eigenvalue weighted by molar-refractivity contribution is 5.98. The Bertz CT molecular complexity index is 872. The topological polar surface area (TPSA) is 70.7 Å². The van der Waals surface area contributed by atoms with Crippen molar-refractivity contribution in [2.24, 2.45) is 5.92 Å². The zero-order valence-corrected chi connectivity index (χ0v) is 17.8. The summed E-state index contributed by atoms with van der Waals surface area (Å²) in [5.41, 5.74) is 3.64. The highest BCUT2D eigenvalue weighted by Crippen LogP contribution is 2.31. The Morgan fingerprint density at radius 3 is 2.72 bits per heavy atom. The molecule has 3 rings (SSSR count). The summed E-state index contributed by atoms with van der Waals surface area (Å²) in [6, 6.07) is 13.4. The van der Waals surface area contributed by atoms with Gasteiger partial charge in [-0.3, -0.25) is 9.59 Å². The van der Waals surface area contributed by atoms with Gasteiger partial charge in [-0.15, -0.1) is 12.4 Å². The monoisotopic (exact) mass is 417 g/mol. The predicted octanol–water partition coefficient (Wildman–Crippen LogP) is 3.04. The second kappa shape index (κ2) is 10.3. The van der Waals surface area contributed by atoms with Gasteiger partial charge in [0.15, 0.2) is 0 Å². The molecule has 1 atom stereocenters. The van der Waals surface area contributed by atoms with Gasteiger partial charge in [-0.25, -0.2) is 0 Å². The van der Waals surface area contributed by atoms with E-state index in [-0.39, 0.29) is 30.1 Å². The van der Waals surface area contributed by atoms with Gasteiger partial charge < -0.3 is 20.3 Å². The molecule has 0 bridgehead atoms. The van der Waals surface area contributed by atoms with Crippen LogP contribution in [0.2, 0.25) is 0 Å². The zero-order chi connectivity index (χ0) is 20.1. The van der Waals surface area contributed by atoms with E-state index < -0.39 is 0 Å². The van der Waals surface area contributed by atoms with Crippen LogP contribution in [-0.4, -0.2) is 39.1 Å². The Kier molecular flexibility index (Phi) is 8.05. The van der Waals surface area contributed by atoms with Crippen molar-refractivity contribution in [3.63, 3.8) is 0 Å². The van der Waals surface area contributed by atoms with Crippen molar-refractivity contribution in [2.45, 2.75) is 19.8 Å². The molecule has 1 aliphatic rings. The lowest BCUT2D eigenvalue weighted by Gasteiger charge is -2.19. The second-order valence-electron chi connectivity index (χ2n) is 7.12. The number of carbonyl (C=O) groups excluding carboxylic acids is 2. The Labute approximate surface area is 178 Å². The number of anilines is 2. The molecule has 1 aliphatic heterocycles. The lowest BCUT2D eigenvalue weighted by Crippen LogP contribution is -2.30. The van der Waals surface area contributed by atoms with Crippen LogP contribution >= 0.6 is 12.4 Å². The number of hydrogen-bond donors (Lipinski definition) is 2. The van der Waals surface area contributed by atoms with Crippen molar-refractivity contribution in [1.29, 1.82) is 0 Å². The summed E-state index contributed by atoms with van der Waals surface area (Å²) in [6.07, 6.45) is 1.13. The van der Waals surface area contributed by atoms with Crippen molar-refractivity contribution < 1.29 is 14.3 Å². The molecule has 0 radical (unpaired) electrons. The van der Waals surface area contributed by atoms with E-state index >= 15 is 0 Å². The Hall–Kier alpha value is -2.57. The number of fused-ring (bicyclic) bond motifs is 1. The number of halogens is 1. The van der Waals surface area contributed by atoms with Crippen LogP contribution in [0.15, 0.2) is 42.5 Å². The molecule has 1 heterocycles. The Balaban J connectivity index is 0.00000300. The Morgan fingerprint density at radius 2 is 2.00 bits per heavy atom. The van der Waals surface area contributed by atoms with E-state index in [1.807, 2.05) is 61.3 Å². The van der Waals surface area contributed by atoms with E-state index in [1.54, 1.807) is 7.11 Å². The third-order valence-corrected chi connectivity index (χ3v) is 5.00. The van der Waals surface area contributed by atoms with Crippen LogP contribution in [0.5, 0.6) is 5.75 Å². The van der Waals surface area contributed by atoms with Gasteiger partial charge in [0.1, 0.15) is 5.75 Å². The van der Waals surface area contributed by atoms with E-state index in [2.05, 4.69) is 10.6 Å². The van der Waals surface area contributed by atoms with Crippen molar-refractivity contribution >= 4 is 35.6 Å². The van der Waals surface area contributed by atoms with Crippen molar-refractivity contribution in [1.82, 2.24) is 5.32 Å². The molecule has 0 spiro atoms. The molecule has 0 saturated heterocycles. The van der Waals surface area contributed by atoms with E-state index in [4.69, 9.17) is 4.74 Å². The molecule has 0 fully saturated rings. The van der Waals surface area contributed by atoms with Crippen LogP contribution in [0.4, 0.5) is 11.4 Å². The summed E-state index contributed by atoms with van der Waals surface area (Å²) >= 11 is 0. The van der Waals surface area contributed by atoms with Crippen LogP contribution in [0.3, 0.4) is 0 Å². The lowest BCUT2D eigenvalue weighted by molar-refractivity contribution is -0.119. The van der Waals surface area contributed by atoms with Gasteiger partial charge in [0.25, 0.3) is 0 Å². The number of nitrogens with one attached hydrogen (secondary N) is 2. The van der Waals surface area contributed by atoms with Gasteiger partial charge in [0.05, 0.1) is 13.5 Å². The first-order chi connectivity index (χ1) is 13.5. The average Bonchev–Trinajstić information content (AvgIpc) is 3.11. The summed E-state index contributed by atoms with van der Waals surface area (Å²) in [7, 11) is 3.44. The molecule has 2 N–H and O–H groups in total. The van der Waals surface area contributed by atoms with Gasteiger partial charge in [-0.2, -0.15) is 0 Å². The molecule has 7 heteroatoms. The SMILES string of the molecule is CNCC(C)C(=O)Nc1ccc2c(c1)N(C(=O)Cc1cccc(OC)c1)CC2.Cl. The zero-order valence-electron chi connectivity index (χ0n) is 17.0. The molecule has 6 nitrogen and oxygen atoms in total. The van der Waals surface area contributed by atoms with E-state index in [1.165, 1.54) is 0 Å². The minimum absolute atomic E-state index is 0. The third kappa shape index (κ3) is 5.49. The number of hydrogen-bond acceptors (Lipinski definition) is 4. The molecule has 2 amide bonds. The number of nitrogens with zero attached hydrogens (tertiary/aromatic N) is 1. The number of rotatable bonds is 7. The first-order valence-corrected chi connectivity index (χ1v) is 9.53. The highest BCUT2D eigenvalue weighted by Gasteiger charge is 2.25. The van der Waals surface area contributed by atoms with Gasteiger partial charge in [-0.05, 0) is 48.9 Å². The maximum absolute atomic E-state index is 12.9. The van der Waals surface area contributed by atoms with Gasteiger partial charge in [-0.1, -0.05) is 25.1 Å². The number of amides is 2. The molecule has 29 heavy (non-hydrogen) atoms. The largest absolute Gasteiger partial charge is 0.497 e. The first kappa shape index (κ1) is 22.7. The molecule has 0 aliphatic carbocycles. The molecule has 0 saturated carbocycles. The fraction of sp³-hybridized carbons (Fsp3) is 0.364. The molecular weight excluding hydrogens is 390 g/mol. The normalized spacial score (nSPS) is 13.3. The number of benzene rings is 2. The Morgan fingerprint density at radius 1 is 1.21 bits per heavy atom. The van der Waals surface area contributed by atoms with Crippen molar-refractivity contribution in [3.05, 3.63) is 53.6 Å². The summed E-state index contributed by atoms with van der Waals surface area (Å²) in [6.45, 7) is 3.15. The molecule has 0 aromatic heterocycles. The lowest BCUT2D eigenvalue weighted by atomic mass is 10.1. The molecule has 156 valence electrons. The molecular formula is C22H28ClN3O3. The number of carbonyl (C=O) groups is 2. The van der Waals surface area contributed by atoms with E-state index in [0.29, 0.717) is 25.2 Å². The molecule has 2 aromatic rings. The van der Waals surface area contributed by atoms with Gasteiger partial charge >= 0.3 is 0 Å². The second-order valence-corrected chi connectivity index (χ2v) is 7.12. The summed E-state index contributed by atoms with van der Waals surface area (Å²) in [4.78, 5) is 27.0. The van der Waals surface area contributed by atoms with Gasteiger partial charge in [0.2, 0.25) is 11.8 Å². The molecule has 1 unspecified atom stereocenters. The average molecular weight is 418 g/mol. The minimum Gasteiger partial charge on any atom is -0.497 e. The fourth-order valence-electron chi connectivity index (χ4n) is 3.43. The smallest absolute Gasteiger partial charge is 0.231 e. The van der Waals surface area contributed by atoms with Crippen LogP contribution < -0.4 is 20.3 Å². The van der Waals surface area contributed by atoms with Crippen LogP contribution in [0.25, 0.3) is 0 Å². The number of methoxy groups -OCH3 is 1. The predicted molar refractivity (Wildman–Crippen MR) is 118 cm³/mol. The maximum Gasteiger partial charge on any atom is 0.231 e. The van der Waals surface area contributed by atoms with Crippen molar-refractivity contribution in [3.8, 4) is 5.75 Å². The summed E-state index contributed by atoms with van der Waals surface area (Å²) in [5, 5.41) is 5.95. The highest BCUT2D eigenvalue weighted by atomic mass is 35.5. The quantitative estimate of drug-likeness (QED) is 0.726. The molecule has 2 aromatic carbocycles. The van der Waals surface area contributed by atoms with E-state index in [9.17, 15) is 9.59 Å². The van der Waals surface area contributed by atoms with E-state index in [0.717, 1.165) is 29.0 Å². The van der Waals surface area contributed by atoms with Crippen molar-refractivity contribution in [2.75, 3.05) is 37.5 Å². The van der Waals surface area contributed by atoms with Crippen LogP contribution in [0, 0.1) is 5.92 Å². The number of ether oxygens (including phenoxy) is 1. The fourth-order valence-corrected chi connectivity index (χ4v) is 3.43. The minimum atomic E-state index is -0.135. The summed E-state index contributed by atoms with van der Waals surface area (Å²) in [5.74, 6) is 0.609. The maximum atomic E-state index is 12.9. The standard InChI is InChI=1S/C22H27N3O3.ClH/c1-15(14-23-2)22(27)24-18-8-7-17-9-10-25(20(17)13-18)21(26)12-16-5-4-6-19(11-16)28-3;/h4-8,11,13,15,23H,9-10,12,14H2,1-3H3,(H,24,27);1H.